The molecule has 1 amide bonds. The molecule has 6 nitrogen and oxygen atoms in total. The molecule has 0 aliphatic rings. The van der Waals surface area contributed by atoms with Crippen molar-refractivity contribution in [2.75, 3.05) is 6.61 Å². The second kappa shape index (κ2) is 43.2. The number of hydrogen-bond acceptors (Lipinski definition) is 5. The standard InChI is InChI=1S/C50H85NO5/c1-4-7-10-13-16-19-21-23-24-26-28-31-34-37-40-43-50(55)56-46(41-38-35-32-30-27-25-22-20-17-14-11-8-5-2)44-49(54)51-47(45-52)48(53)42-39-36-33-29-18-15-12-9-6-3/h7-8,10-11,13-14,16-17,19-24,46-48,52-53H,4-6,9,12,15,18,25-45H2,1-3H3,(H,51,54)/b10-7+,11-8+,16-13+,17-14+,21-19+,22-20+,24-23-. The van der Waals surface area contributed by atoms with Gasteiger partial charge in [0.15, 0.2) is 0 Å². The number of ether oxygens (including phenoxy) is 1. The van der Waals surface area contributed by atoms with Crippen LogP contribution in [0.3, 0.4) is 0 Å². The zero-order chi connectivity index (χ0) is 41.0. The average molecular weight is 780 g/mol. The molecule has 0 radical (unpaired) electrons. The smallest absolute Gasteiger partial charge is 0.306 e. The Bertz CT molecular complexity index is 1100. The predicted molar refractivity (Wildman–Crippen MR) is 241 cm³/mol. The average Bonchev–Trinajstić information content (AvgIpc) is 3.19. The lowest BCUT2D eigenvalue weighted by Crippen LogP contribution is -2.46. The van der Waals surface area contributed by atoms with Crippen LogP contribution >= 0.6 is 0 Å². The van der Waals surface area contributed by atoms with Crippen LogP contribution in [0.4, 0.5) is 0 Å². The minimum Gasteiger partial charge on any atom is -0.462 e. The van der Waals surface area contributed by atoms with E-state index in [1.54, 1.807) is 0 Å². The van der Waals surface area contributed by atoms with Crippen molar-refractivity contribution in [2.24, 2.45) is 0 Å². The van der Waals surface area contributed by atoms with Crippen molar-refractivity contribution in [1.29, 1.82) is 0 Å². The van der Waals surface area contributed by atoms with Crippen molar-refractivity contribution in [1.82, 2.24) is 5.32 Å². The van der Waals surface area contributed by atoms with Crippen LogP contribution in [0.15, 0.2) is 85.1 Å². The molecule has 0 saturated carbocycles. The first kappa shape index (κ1) is 53.0. The number of amides is 1. The number of hydrogen-bond donors (Lipinski definition) is 3. The number of allylic oxidation sites excluding steroid dienone is 14. The second-order valence-electron chi connectivity index (χ2n) is 15.2. The number of unbranched alkanes of at least 4 members (excludes halogenated alkanes) is 18. The normalized spacial score (nSPS) is 14.2. The molecule has 0 spiro atoms. The molecule has 0 aromatic rings. The molecular formula is C50H85NO5. The van der Waals surface area contributed by atoms with Crippen molar-refractivity contribution in [3.8, 4) is 0 Å². The summed E-state index contributed by atoms with van der Waals surface area (Å²) in [6.07, 6.45) is 55.0. The van der Waals surface area contributed by atoms with E-state index in [0.29, 0.717) is 19.3 Å². The summed E-state index contributed by atoms with van der Waals surface area (Å²) >= 11 is 0. The van der Waals surface area contributed by atoms with Crippen LogP contribution in [0.1, 0.15) is 194 Å². The van der Waals surface area contributed by atoms with Gasteiger partial charge in [-0.3, -0.25) is 9.59 Å². The van der Waals surface area contributed by atoms with Gasteiger partial charge < -0.3 is 20.3 Å². The molecule has 0 fully saturated rings. The number of aliphatic hydroxyl groups is 2. The molecule has 0 aromatic heterocycles. The van der Waals surface area contributed by atoms with Gasteiger partial charge in [0, 0.05) is 6.42 Å². The number of carbonyl (C=O) groups is 2. The number of rotatable bonds is 39. The molecule has 0 heterocycles. The lowest BCUT2D eigenvalue weighted by atomic mass is 10.0. The fourth-order valence-corrected chi connectivity index (χ4v) is 6.44. The van der Waals surface area contributed by atoms with Crippen molar-refractivity contribution in [3.63, 3.8) is 0 Å². The lowest BCUT2D eigenvalue weighted by Gasteiger charge is -2.24. The Morgan fingerprint density at radius 2 is 0.964 bits per heavy atom. The Morgan fingerprint density at radius 3 is 1.46 bits per heavy atom. The summed E-state index contributed by atoms with van der Waals surface area (Å²) in [5.74, 6) is -0.531. The van der Waals surface area contributed by atoms with E-state index in [2.05, 4.69) is 92.9 Å². The molecule has 0 saturated heterocycles. The van der Waals surface area contributed by atoms with Crippen molar-refractivity contribution in [2.45, 2.75) is 212 Å². The van der Waals surface area contributed by atoms with E-state index in [1.165, 1.54) is 38.5 Å². The molecule has 3 atom stereocenters. The summed E-state index contributed by atoms with van der Waals surface area (Å²) in [5, 5.41) is 23.6. The van der Waals surface area contributed by atoms with Crippen LogP contribution in [-0.2, 0) is 14.3 Å². The molecule has 0 aliphatic carbocycles. The van der Waals surface area contributed by atoms with Crippen molar-refractivity contribution >= 4 is 11.9 Å². The van der Waals surface area contributed by atoms with Gasteiger partial charge in [0.05, 0.1) is 25.2 Å². The maximum atomic E-state index is 13.1. The Hall–Kier alpha value is -2.96. The summed E-state index contributed by atoms with van der Waals surface area (Å²) in [6.45, 7) is 6.16. The Kier molecular flexibility index (Phi) is 40.9. The van der Waals surface area contributed by atoms with E-state index in [9.17, 15) is 19.8 Å². The van der Waals surface area contributed by atoms with Gasteiger partial charge >= 0.3 is 5.97 Å². The Balaban J connectivity index is 4.70. The molecule has 56 heavy (non-hydrogen) atoms. The molecule has 320 valence electrons. The number of carbonyl (C=O) groups excluding carboxylic acids is 2. The molecule has 0 bridgehead atoms. The van der Waals surface area contributed by atoms with Crippen LogP contribution in [0.5, 0.6) is 0 Å². The number of nitrogens with one attached hydrogen (secondary N) is 1. The fraction of sp³-hybridized carbons (Fsp3) is 0.680. The largest absolute Gasteiger partial charge is 0.462 e. The van der Waals surface area contributed by atoms with Gasteiger partial charge in [-0.25, -0.2) is 0 Å². The highest BCUT2D eigenvalue weighted by Crippen LogP contribution is 2.17. The molecule has 6 heteroatoms. The molecule has 3 unspecified atom stereocenters. The SMILES string of the molecule is CC/C=C/C=C/C=C/C=C\CCCCCCCC(=O)OC(CCCCCCC/C=C/C=C/C=C/CC)CC(=O)NC(CO)C(O)CCCCCCCCCCC. The summed E-state index contributed by atoms with van der Waals surface area (Å²) in [4.78, 5) is 26.0. The number of aliphatic hydroxyl groups excluding tert-OH is 2. The van der Waals surface area contributed by atoms with Gasteiger partial charge in [-0.1, -0.05) is 202 Å². The number of esters is 1. The van der Waals surface area contributed by atoms with E-state index in [-0.39, 0.29) is 24.9 Å². The highest BCUT2D eigenvalue weighted by Gasteiger charge is 2.24. The Labute approximate surface area is 344 Å². The summed E-state index contributed by atoms with van der Waals surface area (Å²) in [6, 6.07) is -0.715. The minimum absolute atomic E-state index is 0.0493. The van der Waals surface area contributed by atoms with Crippen LogP contribution in [-0.4, -0.2) is 46.9 Å². The van der Waals surface area contributed by atoms with Gasteiger partial charge in [-0.2, -0.15) is 0 Å². The van der Waals surface area contributed by atoms with Crippen LogP contribution in [0.25, 0.3) is 0 Å². The summed E-state index contributed by atoms with van der Waals surface area (Å²) in [7, 11) is 0. The van der Waals surface area contributed by atoms with Gasteiger partial charge in [0.25, 0.3) is 0 Å². The van der Waals surface area contributed by atoms with Gasteiger partial charge in [-0.15, -0.1) is 0 Å². The third kappa shape index (κ3) is 37.9. The van der Waals surface area contributed by atoms with Gasteiger partial charge in [0.2, 0.25) is 5.91 Å². The summed E-state index contributed by atoms with van der Waals surface area (Å²) in [5.41, 5.74) is 0. The van der Waals surface area contributed by atoms with E-state index in [4.69, 9.17) is 4.74 Å². The van der Waals surface area contributed by atoms with Crippen LogP contribution < -0.4 is 5.32 Å². The molecule has 0 aliphatic heterocycles. The van der Waals surface area contributed by atoms with Crippen molar-refractivity contribution < 1.29 is 24.5 Å². The molecule has 0 aromatic carbocycles. The highest BCUT2D eigenvalue weighted by molar-refractivity contribution is 5.77. The van der Waals surface area contributed by atoms with Crippen molar-refractivity contribution in [3.05, 3.63) is 85.1 Å². The summed E-state index contributed by atoms with van der Waals surface area (Å²) < 4.78 is 5.89. The highest BCUT2D eigenvalue weighted by atomic mass is 16.5. The first-order chi connectivity index (χ1) is 27.5. The van der Waals surface area contributed by atoms with Crippen LogP contribution in [0, 0.1) is 0 Å². The monoisotopic (exact) mass is 780 g/mol. The third-order valence-electron chi connectivity index (χ3n) is 9.88. The third-order valence-corrected chi connectivity index (χ3v) is 9.88. The van der Waals surface area contributed by atoms with Gasteiger partial charge in [0.1, 0.15) is 6.10 Å². The van der Waals surface area contributed by atoms with E-state index < -0.39 is 18.2 Å². The van der Waals surface area contributed by atoms with E-state index in [1.807, 2.05) is 18.2 Å². The van der Waals surface area contributed by atoms with E-state index in [0.717, 1.165) is 109 Å². The van der Waals surface area contributed by atoms with Crippen LogP contribution in [0.2, 0.25) is 0 Å². The zero-order valence-corrected chi connectivity index (χ0v) is 36.2. The topological polar surface area (TPSA) is 95.9 Å². The minimum atomic E-state index is -0.800. The molecule has 3 N–H and O–H groups in total. The molecular weight excluding hydrogens is 695 g/mol. The first-order valence-electron chi connectivity index (χ1n) is 22.9. The quantitative estimate of drug-likeness (QED) is 0.0328. The predicted octanol–water partition coefficient (Wildman–Crippen LogP) is 13.2. The fourth-order valence-electron chi connectivity index (χ4n) is 6.44. The van der Waals surface area contributed by atoms with Gasteiger partial charge in [-0.05, 0) is 64.2 Å². The second-order valence-corrected chi connectivity index (χ2v) is 15.2. The maximum Gasteiger partial charge on any atom is 0.306 e. The first-order valence-corrected chi connectivity index (χ1v) is 22.9. The lowest BCUT2D eigenvalue weighted by molar-refractivity contribution is -0.151. The van der Waals surface area contributed by atoms with E-state index >= 15 is 0 Å². The Morgan fingerprint density at radius 1 is 0.536 bits per heavy atom. The molecule has 0 rings (SSSR count). The zero-order valence-electron chi connectivity index (χ0n) is 36.2. The maximum absolute atomic E-state index is 13.1.